The largest absolute Gasteiger partial charge is 0.436 e. The second-order valence-corrected chi connectivity index (χ2v) is 4.04. The van der Waals surface area contributed by atoms with Crippen molar-refractivity contribution in [3.05, 3.63) is 41.5 Å². The Morgan fingerprint density at radius 2 is 2.11 bits per heavy atom. The fraction of sp³-hybridized carbons (Fsp3) is 0.231. The molecular formula is C13H15FN4O. The molecule has 0 aliphatic carbocycles. The van der Waals surface area contributed by atoms with Crippen LogP contribution in [0.1, 0.15) is 18.3 Å². The van der Waals surface area contributed by atoms with E-state index in [1.54, 1.807) is 12.1 Å². The molecule has 0 saturated heterocycles. The van der Waals surface area contributed by atoms with Crippen molar-refractivity contribution in [2.45, 2.75) is 20.3 Å². The van der Waals surface area contributed by atoms with Gasteiger partial charge in [0.25, 0.3) is 0 Å². The Hall–Kier alpha value is -2.21. The Labute approximate surface area is 110 Å². The lowest BCUT2D eigenvalue weighted by atomic mass is 10.2. The van der Waals surface area contributed by atoms with Crippen molar-refractivity contribution in [1.82, 2.24) is 9.97 Å². The number of nitrogens with one attached hydrogen (secondary N) is 1. The van der Waals surface area contributed by atoms with Crippen LogP contribution >= 0.6 is 0 Å². The molecule has 2 rings (SSSR count). The first-order chi connectivity index (χ1) is 9.12. The van der Waals surface area contributed by atoms with E-state index in [9.17, 15) is 4.39 Å². The van der Waals surface area contributed by atoms with Crippen LogP contribution in [-0.2, 0) is 6.42 Å². The molecule has 1 aromatic heterocycles. The van der Waals surface area contributed by atoms with Gasteiger partial charge in [0.15, 0.2) is 11.6 Å². The van der Waals surface area contributed by atoms with Crippen molar-refractivity contribution >= 4 is 5.82 Å². The molecule has 0 bridgehead atoms. The van der Waals surface area contributed by atoms with E-state index >= 15 is 0 Å². The van der Waals surface area contributed by atoms with Crippen molar-refractivity contribution < 1.29 is 9.13 Å². The summed E-state index contributed by atoms with van der Waals surface area (Å²) in [5, 5.41) is 0. The van der Waals surface area contributed by atoms with E-state index in [0.717, 1.165) is 5.56 Å². The lowest BCUT2D eigenvalue weighted by Gasteiger charge is -2.09. The second-order valence-electron chi connectivity index (χ2n) is 4.04. The van der Waals surface area contributed by atoms with Crippen LogP contribution in [-0.4, -0.2) is 9.97 Å². The molecule has 0 fully saturated rings. The monoisotopic (exact) mass is 262 g/mol. The molecule has 6 heteroatoms. The van der Waals surface area contributed by atoms with E-state index in [1.807, 2.05) is 13.8 Å². The van der Waals surface area contributed by atoms with E-state index in [4.69, 9.17) is 10.6 Å². The molecule has 19 heavy (non-hydrogen) atoms. The zero-order valence-corrected chi connectivity index (χ0v) is 10.8. The highest BCUT2D eigenvalue weighted by Crippen LogP contribution is 2.25. The van der Waals surface area contributed by atoms with Gasteiger partial charge < -0.3 is 10.2 Å². The number of hydrogen-bond donors (Lipinski definition) is 2. The number of rotatable bonds is 4. The SMILES string of the molecule is CCc1nc(NN)cc(Oc2cc(C)ccc2F)n1. The Morgan fingerprint density at radius 3 is 2.79 bits per heavy atom. The maximum absolute atomic E-state index is 13.6. The van der Waals surface area contributed by atoms with Gasteiger partial charge in [0.05, 0.1) is 0 Å². The minimum Gasteiger partial charge on any atom is -0.436 e. The van der Waals surface area contributed by atoms with Gasteiger partial charge in [-0.3, -0.25) is 0 Å². The molecule has 0 radical (unpaired) electrons. The summed E-state index contributed by atoms with van der Waals surface area (Å²) in [6.07, 6.45) is 0.627. The first-order valence-corrected chi connectivity index (χ1v) is 5.91. The quantitative estimate of drug-likeness (QED) is 0.654. The summed E-state index contributed by atoms with van der Waals surface area (Å²) in [6, 6.07) is 6.15. The predicted octanol–water partition coefficient (Wildman–Crippen LogP) is 2.56. The van der Waals surface area contributed by atoms with Crippen LogP contribution in [0.15, 0.2) is 24.3 Å². The van der Waals surface area contributed by atoms with Crippen LogP contribution < -0.4 is 16.0 Å². The van der Waals surface area contributed by atoms with Crippen molar-refractivity contribution in [1.29, 1.82) is 0 Å². The number of nitrogens with zero attached hydrogens (tertiary/aromatic N) is 2. The third-order valence-corrected chi connectivity index (χ3v) is 2.51. The summed E-state index contributed by atoms with van der Waals surface area (Å²) >= 11 is 0. The number of hydrogen-bond acceptors (Lipinski definition) is 5. The van der Waals surface area contributed by atoms with Crippen molar-refractivity contribution in [2.75, 3.05) is 5.43 Å². The number of aromatic nitrogens is 2. The van der Waals surface area contributed by atoms with E-state index in [1.165, 1.54) is 12.1 Å². The summed E-state index contributed by atoms with van der Waals surface area (Å²) in [4.78, 5) is 8.30. The normalized spacial score (nSPS) is 10.3. The number of hydrazine groups is 1. The smallest absolute Gasteiger partial charge is 0.224 e. The molecule has 5 nitrogen and oxygen atoms in total. The fourth-order valence-electron chi connectivity index (χ4n) is 1.56. The summed E-state index contributed by atoms with van der Waals surface area (Å²) < 4.78 is 19.1. The van der Waals surface area contributed by atoms with Crippen LogP contribution in [0.3, 0.4) is 0 Å². The van der Waals surface area contributed by atoms with E-state index in [-0.39, 0.29) is 11.6 Å². The molecule has 0 amide bonds. The number of nitrogens with two attached hydrogens (primary N) is 1. The minimum absolute atomic E-state index is 0.128. The van der Waals surface area contributed by atoms with Gasteiger partial charge in [-0.1, -0.05) is 13.0 Å². The number of benzene rings is 1. The van der Waals surface area contributed by atoms with Gasteiger partial charge in [-0.15, -0.1) is 0 Å². The molecular weight excluding hydrogens is 247 g/mol. The van der Waals surface area contributed by atoms with Crippen LogP contribution in [0, 0.1) is 12.7 Å². The molecule has 0 saturated carbocycles. The average molecular weight is 262 g/mol. The van der Waals surface area contributed by atoms with Gasteiger partial charge in [-0.05, 0) is 24.6 Å². The minimum atomic E-state index is -0.440. The van der Waals surface area contributed by atoms with Crippen LogP contribution in [0.5, 0.6) is 11.6 Å². The molecule has 0 aliphatic heterocycles. The van der Waals surface area contributed by atoms with Gasteiger partial charge >= 0.3 is 0 Å². The lowest BCUT2D eigenvalue weighted by molar-refractivity contribution is 0.424. The molecule has 0 spiro atoms. The molecule has 0 atom stereocenters. The highest BCUT2D eigenvalue weighted by Gasteiger charge is 2.08. The van der Waals surface area contributed by atoms with Gasteiger partial charge in [0, 0.05) is 12.5 Å². The average Bonchev–Trinajstić information content (AvgIpc) is 2.42. The zero-order chi connectivity index (χ0) is 13.8. The van der Waals surface area contributed by atoms with Crippen molar-refractivity contribution in [2.24, 2.45) is 5.84 Å². The number of aryl methyl sites for hydroxylation is 2. The number of nitrogen functional groups attached to an aromatic ring is 1. The van der Waals surface area contributed by atoms with Crippen LogP contribution in [0.4, 0.5) is 10.2 Å². The molecule has 2 aromatic rings. The molecule has 3 N–H and O–H groups in total. The summed E-state index contributed by atoms with van der Waals surface area (Å²) in [5.41, 5.74) is 3.33. The third kappa shape index (κ3) is 3.17. The Kier molecular flexibility index (Phi) is 3.91. The molecule has 100 valence electrons. The lowest BCUT2D eigenvalue weighted by Crippen LogP contribution is -2.10. The van der Waals surface area contributed by atoms with Gasteiger partial charge in [-0.2, -0.15) is 4.98 Å². The molecule has 1 aromatic carbocycles. The maximum Gasteiger partial charge on any atom is 0.224 e. The van der Waals surface area contributed by atoms with E-state index in [0.29, 0.717) is 18.1 Å². The Morgan fingerprint density at radius 1 is 1.32 bits per heavy atom. The molecule has 0 aliphatic rings. The zero-order valence-electron chi connectivity index (χ0n) is 10.8. The predicted molar refractivity (Wildman–Crippen MR) is 70.4 cm³/mol. The molecule has 1 heterocycles. The fourth-order valence-corrected chi connectivity index (χ4v) is 1.56. The summed E-state index contributed by atoms with van der Waals surface area (Å²) in [7, 11) is 0. The highest BCUT2D eigenvalue weighted by atomic mass is 19.1. The third-order valence-electron chi connectivity index (χ3n) is 2.51. The van der Waals surface area contributed by atoms with Gasteiger partial charge in [0.1, 0.15) is 11.6 Å². The van der Waals surface area contributed by atoms with Gasteiger partial charge in [-0.25, -0.2) is 15.2 Å². The second kappa shape index (κ2) is 5.62. The van der Waals surface area contributed by atoms with Gasteiger partial charge in [0.2, 0.25) is 5.88 Å². The number of halogens is 1. The van der Waals surface area contributed by atoms with E-state index in [2.05, 4.69) is 15.4 Å². The topological polar surface area (TPSA) is 73.1 Å². The first-order valence-electron chi connectivity index (χ1n) is 5.91. The summed E-state index contributed by atoms with van der Waals surface area (Å²) in [5.74, 6) is 6.26. The van der Waals surface area contributed by atoms with Crippen molar-refractivity contribution in [3.8, 4) is 11.6 Å². The Balaban J connectivity index is 2.34. The number of ether oxygens (including phenoxy) is 1. The number of anilines is 1. The standard InChI is InChI=1S/C13H15FN4O/c1-3-11-16-12(18-15)7-13(17-11)19-10-6-8(2)4-5-9(10)14/h4-7H,3,15H2,1-2H3,(H,16,17,18). The Bertz CT molecular complexity index is 567. The maximum atomic E-state index is 13.6. The summed E-state index contributed by atoms with van der Waals surface area (Å²) in [6.45, 7) is 3.77. The molecule has 0 unspecified atom stereocenters. The first kappa shape index (κ1) is 13.2. The van der Waals surface area contributed by atoms with Crippen LogP contribution in [0.2, 0.25) is 0 Å². The van der Waals surface area contributed by atoms with E-state index < -0.39 is 5.82 Å². The highest BCUT2D eigenvalue weighted by molar-refractivity contribution is 5.39. The van der Waals surface area contributed by atoms with Crippen LogP contribution in [0.25, 0.3) is 0 Å². The van der Waals surface area contributed by atoms with Crippen molar-refractivity contribution in [3.63, 3.8) is 0 Å².